The molecule has 0 fully saturated rings. The first kappa shape index (κ1) is 16.4. The minimum absolute atomic E-state index is 0.0829. The summed E-state index contributed by atoms with van der Waals surface area (Å²) in [7, 11) is 0. The van der Waals surface area contributed by atoms with Crippen LogP contribution in [0, 0.1) is 18.3 Å². The van der Waals surface area contributed by atoms with Gasteiger partial charge < -0.3 is 9.84 Å². The highest BCUT2D eigenvalue weighted by Gasteiger charge is 2.21. The monoisotopic (exact) mass is 333 g/mol. The number of carboxylic acids is 1. The molecule has 1 N–H and O–H groups in total. The molecule has 0 amide bonds. The van der Waals surface area contributed by atoms with Crippen molar-refractivity contribution >= 4 is 17.0 Å². The zero-order valence-corrected chi connectivity index (χ0v) is 13.8. The van der Waals surface area contributed by atoms with Gasteiger partial charge in [0.05, 0.1) is 17.9 Å². The third-order valence-electron chi connectivity index (χ3n) is 3.82. The standard InChI is InChI=1S/C19H15N3O3/c1-3-25-18-15(10-20)16(12-7-5-4-6-8-12)14-9-13(19(23)24)11(2)21-17(14)22-18/h4-9H,3H2,1-2H3,(H,23,24). The predicted octanol–water partition coefficient (Wildman–Crippen LogP) is 3.57. The van der Waals surface area contributed by atoms with E-state index in [2.05, 4.69) is 16.0 Å². The molecule has 0 aliphatic heterocycles. The second kappa shape index (κ2) is 6.57. The Morgan fingerprint density at radius 2 is 2.00 bits per heavy atom. The highest BCUT2D eigenvalue weighted by molar-refractivity contribution is 6.01. The second-order valence-electron chi connectivity index (χ2n) is 5.38. The molecule has 0 aliphatic carbocycles. The molecule has 0 aliphatic rings. The quantitative estimate of drug-likeness (QED) is 0.784. The van der Waals surface area contributed by atoms with Gasteiger partial charge in [-0.05, 0) is 25.5 Å². The number of aryl methyl sites for hydroxylation is 1. The van der Waals surface area contributed by atoms with E-state index in [-0.39, 0.29) is 17.0 Å². The molecule has 0 spiro atoms. The molecule has 0 atom stereocenters. The van der Waals surface area contributed by atoms with Crippen LogP contribution in [0.15, 0.2) is 36.4 Å². The van der Waals surface area contributed by atoms with Gasteiger partial charge in [0.2, 0.25) is 5.88 Å². The fourth-order valence-electron chi connectivity index (χ4n) is 2.72. The van der Waals surface area contributed by atoms with E-state index in [0.717, 1.165) is 5.56 Å². The molecule has 0 unspecified atom stereocenters. The van der Waals surface area contributed by atoms with Gasteiger partial charge in [-0.2, -0.15) is 10.2 Å². The van der Waals surface area contributed by atoms with Crippen LogP contribution in [-0.4, -0.2) is 27.7 Å². The number of aromatic carboxylic acids is 1. The molecule has 25 heavy (non-hydrogen) atoms. The number of ether oxygens (including phenoxy) is 1. The number of rotatable bonds is 4. The summed E-state index contributed by atoms with van der Waals surface area (Å²) in [6.07, 6.45) is 0. The van der Waals surface area contributed by atoms with Crippen LogP contribution in [-0.2, 0) is 0 Å². The number of aromatic nitrogens is 2. The summed E-state index contributed by atoms with van der Waals surface area (Å²) >= 11 is 0. The molecular formula is C19H15N3O3. The molecule has 3 aromatic rings. The van der Waals surface area contributed by atoms with Crippen molar-refractivity contribution in [2.45, 2.75) is 13.8 Å². The van der Waals surface area contributed by atoms with Crippen molar-refractivity contribution in [2.24, 2.45) is 0 Å². The lowest BCUT2D eigenvalue weighted by atomic mass is 9.96. The number of fused-ring (bicyclic) bond motifs is 1. The average molecular weight is 333 g/mol. The summed E-state index contributed by atoms with van der Waals surface area (Å²) in [5, 5.41) is 19.6. The molecule has 3 rings (SSSR count). The van der Waals surface area contributed by atoms with Gasteiger partial charge in [0, 0.05) is 10.9 Å². The molecular weight excluding hydrogens is 318 g/mol. The topological polar surface area (TPSA) is 96.1 Å². The molecule has 6 heteroatoms. The van der Waals surface area contributed by atoms with Crippen molar-refractivity contribution in [1.29, 1.82) is 5.26 Å². The largest absolute Gasteiger partial charge is 0.478 e. The molecule has 1 aromatic carbocycles. The maximum absolute atomic E-state index is 11.5. The van der Waals surface area contributed by atoms with E-state index in [9.17, 15) is 15.2 Å². The Kier molecular flexibility index (Phi) is 4.31. The number of pyridine rings is 2. The number of carboxylic acid groups (broad SMARTS) is 1. The summed E-state index contributed by atoms with van der Waals surface area (Å²) in [6, 6.07) is 12.9. The minimum atomic E-state index is -1.07. The molecule has 0 saturated carbocycles. The Balaban J connectivity index is 2.48. The first-order valence-electron chi connectivity index (χ1n) is 7.73. The van der Waals surface area contributed by atoms with Crippen LogP contribution < -0.4 is 4.74 Å². The first-order valence-corrected chi connectivity index (χ1v) is 7.73. The molecule has 0 radical (unpaired) electrons. The summed E-state index contributed by atoms with van der Waals surface area (Å²) in [5.74, 6) is -0.871. The van der Waals surface area contributed by atoms with Gasteiger partial charge in [-0.1, -0.05) is 30.3 Å². The van der Waals surface area contributed by atoms with Crippen molar-refractivity contribution < 1.29 is 14.6 Å². The minimum Gasteiger partial charge on any atom is -0.478 e. The van der Waals surface area contributed by atoms with E-state index in [1.54, 1.807) is 13.8 Å². The van der Waals surface area contributed by atoms with Crippen LogP contribution in [0.2, 0.25) is 0 Å². The Labute approximate surface area is 144 Å². The third-order valence-corrected chi connectivity index (χ3v) is 3.82. The lowest BCUT2D eigenvalue weighted by Gasteiger charge is -2.14. The third kappa shape index (κ3) is 2.88. The van der Waals surface area contributed by atoms with Crippen molar-refractivity contribution in [3.8, 4) is 23.1 Å². The Hall–Kier alpha value is -3.46. The van der Waals surface area contributed by atoms with E-state index in [1.165, 1.54) is 6.07 Å². The summed E-state index contributed by atoms with van der Waals surface area (Å²) < 4.78 is 5.53. The fourth-order valence-corrected chi connectivity index (χ4v) is 2.72. The molecule has 6 nitrogen and oxygen atoms in total. The lowest BCUT2D eigenvalue weighted by molar-refractivity contribution is 0.0696. The maximum atomic E-state index is 11.5. The molecule has 0 bridgehead atoms. The van der Waals surface area contributed by atoms with Gasteiger partial charge >= 0.3 is 5.97 Å². The Bertz CT molecular complexity index is 1010. The number of benzene rings is 1. The number of hydrogen-bond donors (Lipinski definition) is 1. The molecule has 0 saturated heterocycles. The van der Waals surface area contributed by atoms with Gasteiger partial charge in [0.15, 0.2) is 5.65 Å². The van der Waals surface area contributed by atoms with Gasteiger partial charge in [-0.3, -0.25) is 0 Å². The average Bonchev–Trinajstić information content (AvgIpc) is 2.60. The highest BCUT2D eigenvalue weighted by atomic mass is 16.5. The number of hydrogen-bond acceptors (Lipinski definition) is 5. The lowest BCUT2D eigenvalue weighted by Crippen LogP contribution is -2.06. The van der Waals surface area contributed by atoms with E-state index in [4.69, 9.17) is 4.74 Å². The van der Waals surface area contributed by atoms with E-state index < -0.39 is 5.97 Å². The number of nitriles is 1. The zero-order valence-electron chi connectivity index (χ0n) is 13.8. The number of carbonyl (C=O) groups is 1. The maximum Gasteiger partial charge on any atom is 0.337 e. The molecule has 2 heterocycles. The van der Waals surface area contributed by atoms with Gasteiger partial charge in [-0.15, -0.1) is 0 Å². The Morgan fingerprint density at radius 1 is 1.28 bits per heavy atom. The predicted molar refractivity (Wildman–Crippen MR) is 92.6 cm³/mol. The van der Waals surface area contributed by atoms with Crippen LogP contribution in [0.5, 0.6) is 5.88 Å². The van der Waals surface area contributed by atoms with E-state index in [1.807, 2.05) is 30.3 Å². The van der Waals surface area contributed by atoms with Crippen molar-refractivity contribution in [3.05, 3.63) is 53.2 Å². The molecule has 124 valence electrons. The highest BCUT2D eigenvalue weighted by Crippen LogP contribution is 2.36. The SMILES string of the molecule is CCOc1nc2nc(C)c(C(=O)O)cc2c(-c2ccccc2)c1C#N. The van der Waals surface area contributed by atoms with Gasteiger partial charge in [0.25, 0.3) is 0 Å². The normalized spacial score (nSPS) is 10.4. The zero-order chi connectivity index (χ0) is 18.0. The van der Waals surface area contributed by atoms with E-state index in [0.29, 0.717) is 28.9 Å². The number of nitrogens with zero attached hydrogens (tertiary/aromatic N) is 3. The van der Waals surface area contributed by atoms with Crippen LogP contribution in [0.25, 0.3) is 22.2 Å². The summed E-state index contributed by atoms with van der Waals surface area (Å²) in [5.41, 5.74) is 2.41. The molecule has 2 aromatic heterocycles. The van der Waals surface area contributed by atoms with Crippen LogP contribution in [0.3, 0.4) is 0 Å². The first-order chi connectivity index (χ1) is 12.1. The summed E-state index contributed by atoms with van der Waals surface area (Å²) in [4.78, 5) is 20.1. The smallest absolute Gasteiger partial charge is 0.337 e. The fraction of sp³-hybridized carbons (Fsp3) is 0.158. The van der Waals surface area contributed by atoms with Crippen LogP contribution in [0.4, 0.5) is 0 Å². The van der Waals surface area contributed by atoms with Crippen molar-refractivity contribution in [1.82, 2.24) is 9.97 Å². The van der Waals surface area contributed by atoms with Gasteiger partial charge in [-0.25, -0.2) is 9.78 Å². The second-order valence-corrected chi connectivity index (χ2v) is 5.38. The Morgan fingerprint density at radius 3 is 2.60 bits per heavy atom. The van der Waals surface area contributed by atoms with E-state index >= 15 is 0 Å². The van der Waals surface area contributed by atoms with Crippen molar-refractivity contribution in [3.63, 3.8) is 0 Å². The summed E-state index contributed by atoms with van der Waals surface area (Å²) in [6.45, 7) is 3.78. The van der Waals surface area contributed by atoms with Gasteiger partial charge in [0.1, 0.15) is 11.6 Å². The van der Waals surface area contributed by atoms with Crippen molar-refractivity contribution in [2.75, 3.05) is 6.61 Å². The van der Waals surface area contributed by atoms with Crippen LogP contribution >= 0.6 is 0 Å². The van der Waals surface area contributed by atoms with Crippen LogP contribution in [0.1, 0.15) is 28.5 Å².